The Kier molecular flexibility index (Phi) is 5.25. The van der Waals surface area contributed by atoms with E-state index in [-0.39, 0.29) is 35.6 Å². The van der Waals surface area contributed by atoms with Crippen molar-refractivity contribution in [1.29, 1.82) is 0 Å². The van der Waals surface area contributed by atoms with E-state index in [2.05, 4.69) is 21.4 Å². The molecule has 114 valence electrons. The molecule has 1 amide bonds. The largest absolute Gasteiger partial charge is 0.416 e. The van der Waals surface area contributed by atoms with E-state index in [0.29, 0.717) is 24.0 Å². The predicted molar refractivity (Wildman–Crippen MR) is 77.3 cm³/mol. The molecule has 21 heavy (non-hydrogen) atoms. The molecule has 1 aliphatic heterocycles. The summed E-state index contributed by atoms with van der Waals surface area (Å²) in [5.41, 5.74) is 0. The summed E-state index contributed by atoms with van der Waals surface area (Å²) in [4.78, 5) is 11.3. The summed E-state index contributed by atoms with van der Waals surface area (Å²) in [6.07, 6.45) is 6.11. The van der Waals surface area contributed by atoms with Gasteiger partial charge in [-0.25, -0.2) is 8.42 Å². The topological polar surface area (TPSA) is 102 Å². The third kappa shape index (κ3) is 5.06. The number of nitrogens with zero attached hydrogens (tertiary/aromatic N) is 2. The van der Waals surface area contributed by atoms with Crippen LogP contribution < -0.4 is 5.32 Å². The number of hydrogen-bond donors (Lipinski definition) is 1. The fourth-order valence-corrected chi connectivity index (χ4v) is 4.46. The molecule has 1 aromatic heterocycles. The Labute approximate surface area is 127 Å². The number of hydrogen-bond acceptors (Lipinski definition) is 7. The second-order valence-electron chi connectivity index (χ2n) is 4.70. The van der Waals surface area contributed by atoms with Crippen LogP contribution in [0.3, 0.4) is 0 Å². The van der Waals surface area contributed by atoms with Crippen LogP contribution >= 0.6 is 11.8 Å². The molecule has 9 heteroatoms. The van der Waals surface area contributed by atoms with E-state index in [9.17, 15) is 13.2 Å². The zero-order valence-corrected chi connectivity index (χ0v) is 12.9. The molecular weight excluding hydrogens is 314 g/mol. The van der Waals surface area contributed by atoms with Gasteiger partial charge in [-0.05, 0) is 12.3 Å². The number of nitrogens with one attached hydrogen (secondary N) is 1. The Morgan fingerprint density at radius 2 is 2.33 bits per heavy atom. The third-order valence-electron chi connectivity index (χ3n) is 2.95. The van der Waals surface area contributed by atoms with Gasteiger partial charge in [-0.1, -0.05) is 17.7 Å². The first-order chi connectivity index (χ1) is 9.98. The lowest BCUT2D eigenvalue weighted by molar-refractivity contribution is -0.118. The van der Waals surface area contributed by atoms with Crippen molar-refractivity contribution >= 4 is 27.5 Å². The van der Waals surface area contributed by atoms with Gasteiger partial charge in [0, 0.05) is 6.42 Å². The predicted octanol–water partition coefficient (Wildman–Crippen LogP) is -0.112. The van der Waals surface area contributed by atoms with Crippen molar-refractivity contribution in [2.24, 2.45) is 5.92 Å². The lowest BCUT2D eigenvalue weighted by Crippen LogP contribution is -2.25. The van der Waals surface area contributed by atoms with Crippen molar-refractivity contribution in [2.75, 3.05) is 23.8 Å². The van der Waals surface area contributed by atoms with Crippen molar-refractivity contribution in [2.45, 2.75) is 18.1 Å². The number of thioether (sulfide) groups is 1. The summed E-state index contributed by atoms with van der Waals surface area (Å²) >= 11 is 1.12. The monoisotopic (exact) mass is 329 g/mol. The fourth-order valence-electron chi connectivity index (χ4n) is 1.99. The highest BCUT2D eigenvalue weighted by Crippen LogP contribution is 2.23. The maximum atomic E-state index is 11.4. The molecule has 1 atom stereocenters. The van der Waals surface area contributed by atoms with Gasteiger partial charge in [-0.3, -0.25) is 4.79 Å². The second-order valence-corrected chi connectivity index (χ2v) is 7.86. The molecule has 0 bridgehead atoms. The van der Waals surface area contributed by atoms with E-state index in [0.717, 1.165) is 11.8 Å². The minimum absolute atomic E-state index is 0.0345. The Hall–Kier alpha value is -1.53. The molecule has 0 unspecified atom stereocenters. The van der Waals surface area contributed by atoms with Gasteiger partial charge in [0.15, 0.2) is 9.84 Å². The highest BCUT2D eigenvalue weighted by Gasteiger charge is 2.29. The zero-order chi connectivity index (χ0) is 15.3. The quantitative estimate of drug-likeness (QED) is 0.574. The maximum Gasteiger partial charge on any atom is 0.277 e. The molecule has 0 spiro atoms. The smallest absolute Gasteiger partial charge is 0.277 e. The first kappa shape index (κ1) is 15.9. The lowest BCUT2D eigenvalue weighted by Gasteiger charge is -2.01. The molecule has 0 aliphatic carbocycles. The van der Waals surface area contributed by atoms with Crippen molar-refractivity contribution in [3.8, 4) is 12.3 Å². The standard InChI is InChI=1S/C12H15N3O4S2/c1-2-4-13-10(16)7-20-12-15-14-11(19-12)6-9-3-5-21(17,18)8-9/h1,9H,3-8H2,(H,13,16)/t9-/m1/s1. The van der Waals surface area contributed by atoms with Crippen LogP contribution in [0.2, 0.25) is 0 Å². The van der Waals surface area contributed by atoms with Gasteiger partial charge in [0.2, 0.25) is 11.8 Å². The number of carbonyl (C=O) groups is 1. The Morgan fingerprint density at radius 3 is 3.00 bits per heavy atom. The average molecular weight is 329 g/mol. The number of aromatic nitrogens is 2. The van der Waals surface area contributed by atoms with Gasteiger partial charge in [-0.2, -0.15) is 0 Å². The van der Waals surface area contributed by atoms with Crippen molar-refractivity contribution in [3.05, 3.63) is 5.89 Å². The van der Waals surface area contributed by atoms with Crippen LogP contribution in [0.15, 0.2) is 9.64 Å². The Morgan fingerprint density at radius 1 is 1.52 bits per heavy atom. The van der Waals surface area contributed by atoms with Crippen LogP contribution in [-0.4, -0.2) is 48.3 Å². The van der Waals surface area contributed by atoms with E-state index in [1.54, 1.807) is 0 Å². The van der Waals surface area contributed by atoms with Crippen LogP contribution in [0, 0.1) is 18.3 Å². The zero-order valence-electron chi connectivity index (χ0n) is 11.2. The van der Waals surface area contributed by atoms with Crippen LogP contribution in [0.5, 0.6) is 0 Å². The summed E-state index contributed by atoms with van der Waals surface area (Å²) in [7, 11) is -2.90. The van der Waals surface area contributed by atoms with Gasteiger partial charge in [0.05, 0.1) is 23.8 Å². The van der Waals surface area contributed by atoms with Gasteiger partial charge >= 0.3 is 0 Å². The summed E-state index contributed by atoms with van der Waals surface area (Å²) in [5, 5.41) is 10.5. The highest BCUT2D eigenvalue weighted by molar-refractivity contribution is 7.99. The van der Waals surface area contributed by atoms with E-state index in [1.165, 1.54) is 0 Å². The molecule has 0 saturated carbocycles. The molecular formula is C12H15N3O4S2. The summed E-state index contributed by atoms with van der Waals surface area (Å²) in [6, 6.07) is 0. The number of amides is 1. The average Bonchev–Trinajstić information content (AvgIpc) is 3.01. The summed E-state index contributed by atoms with van der Waals surface area (Å²) in [5.74, 6) is 3.08. The van der Waals surface area contributed by atoms with Crippen LogP contribution in [0.1, 0.15) is 12.3 Å². The molecule has 0 aromatic carbocycles. The first-order valence-corrected chi connectivity index (χ1v) is 9.15. The molecule has 2 rings (SSSR count). The van der Waals surface area contributed by atoms with E-state index >= 15 is 0 Å². The number of rotatable bonds is 6. The fraction of sp³-hybridized carbons (Fsp3) is 0.583. The molecule has 2 heterocycles. The van der Waals surface area contributed by atoms with Crippen LogP contribution in [-0.2, 0) is 21.1 Å². The Bertz CT molecular complexity index is 648. The molecule has 1 fully saturated rings. The normalized spacial score (nSPS) is 20.0. The molecule has 1 saturated heterocycles. The number of carbonyl (C=O) groups excluding carboxylic acids is 1. The van der Waals surface area contributed by atoms with Gasteiger partial charge in [0.1, 0.15) is 0 Å². The molecule has 1 aromatic rings. The van der Waals surface area contributed by atoms with E-state index < -0.39 is 9.84 Å². The van der Waals surface area contributed by atoms with E-state index in [1.807, 2.05) is 0 Å². The first-order valence-electron chi connectivity index (χ1n) is 6.34. The molecule has 7 nitrogen and oxygen atoms in total. The minimum Gasteiger partial charge on any atom is -0.416 e. The third-order valence-corrected chi connectivity index (χ3v) is 5.61. The van der Waals surface area contributed by atoms with E-state index in [4.69, 9.17) is 10.8 Å². The van der Waals surface area contributed by atoms with Crippen LogP contribution in [0.4, 0.5) is 0 Å². The SMILES string of the molecule is C#CCNC(=O)CSc1nnc(C[C@H]2CCS(=O)(=O)C2)o1. The molecule has 1 N–H and O–H groups in total. The number of sulfone groups is 1. The minimum atomic E-state index is -2.90. The number of terminal acetylenes is 1. The maximum absolute atomic E-state index is 11.4. The second kappa shape index (κ2) is 6.95. The molecule has 1 aliphatic rings. The van der Waals surface area contributed by atoms with Crippen molar-refractivity contribution < 1.29 is 17.6 Å². The van der Waals surface area contributed by atoms with Crippen LogP contribution in [0.25, 0.3) is 0 Å². The summed E-state index contributed by atoms with van der Waals surface area (Å²) < 4.78 is 28.1. The molecule has 0 radical (unpaired) electrons. The van der Waals surface area contributed by atoms with Crippen molar-refractivity contribution in [1.82, 2.24) is 15.5 Å². The Balaban J connectivity index is 1.79. The van der Waals surface area contributed by atoms with Gasteiger partial charge in [-0.15, -0.1) is 16.6 Å². The highest BCUT2D eigenvalue weighted by atomic mass is 32.2. The van der Waals surface area contributed by atoms with Gasteiger partial charge in [0.25, 0.3) is 5.22 Å². The van der Waals surface area contributed by atoms with Crippen molar-refractivity contribution in [3.63, 3.8) is 0 Å². The summed E-state index contributed by atoms with van der Waals surface area (Å²) in [6.45, 7) is 0.185. The lowest BCUT2D eigenvalue weighted by atomic mass is 10.1. The van der Waals surface area contributed by atoms with Gasteiger partial charge < -0.3 is 9.73 Å².